The Morgan fingerprint density at radius 2 is 1.83 bits per heavy atom. The van der Waals surface area contributed by atoms with Crippen LogP contribution >= 0.6 is 11.3 Å². The predicted molar refractivity (Wildman–Crippen MR) is 93.0 cm³/mol. The molecule has 0 saturated heterocycles. The maximum atomic E-state index is 12.1. The lowest BCUT2D eigenvalue weighted by molar-refractivity contribution is -0.115. The molecule has 1 heterocycles. The molecule has 0 unspecified atom stereocenters. The summed E-state index contributed by atoms with van der Waals surface area (Å²) in [5.41, 5.74) is 2.59. The van der Waals surface area contributed by atoms with Crippen molar-refractivity contribution >= 4 is 28.3 Å². The van der Waals surface area contributed by atoms with E-state index in [4.69, 9.17) is 0 Å². The number of thiazole rings is 1. The highest BCUT2D eigenvalue weighted by molar-refractivity contribution is 7.13. The minimum atomic E-state index is -0.293. The smallest absolute Gasteiger partial charge is 0.251 e. The number of hydrogen-bond acceptors (Lipinski definition) is 4. The van der Waals surface area contributed by atoms with Crippen LogP contribution < -0.4 is 10.6 Å². The molecule has 0 bridgehead atoms. The fourth-order valence-corrected chi connectivity index (χ4v) is 2.66. The molecule has 2 amide bonds. The van der Waals surface area contributed by atoms with Gasteiger partial charge in [-0.05, 0) is 30.0 Å². The van der Waals surface area contributed by atoms with Gasteiger partial charge in [-0.25, -0.2) is 4.98 Å². The minimum absolute atomic E-state index is 0.0424. The molecule has 0 aliphatic carbocycles. The molecule has 0 spiro atoms. The largest absolute Gasteiger partial charge is 0.343 e. The van der Waals surface area contributed by atoms with Crippen molar-refractivity contribution in [2.24, 2.45) is 0 Å². The van der Waals surface area contributed by atoms with Crippen molar-refractivity contribution in [2.75, 3.05) is 11.9 Å². The summed E-state index contributed by atoms with van der Waals surface area (Å²) in [4.78, 5) is 28.0. The number of aromatic nitrogens is 1. The molecule has 0 radical (unpaired) electrons. The summed E-state index contributed by atoms with van der Waals surface area (Å²) in [6.45, 7) is 8.12. The number of hydrogen-bond donors (Lipinski definition) is 2. The van der Waals surface area contributed by atoms with Crippen LogP contribution in [0.5, 0.6) is 0 Å². The van der Waals surface area contributed by atoms with E-state index in [2.05, 4.69) is 36.4 Å². The zero-order chi connectivity index (χ0) is 17.0. The molecule has 23 heavy (non-hydrogen) atoms. The van der Waals surface area contributed by atoms with Gasteiger partial charge in [0.15, 0.2) is 5.13 Å². The molecule has 0 saturated carbocycles. The Bertz CT molecular complexity index is 699. The fourth-order valence-electron chi connectivity index (χ4n) is 1.96. The molecule has 5 nitrogen and oxygen atoms in total. The molecule has 2 aromatic rings. The van der Waals surface area contributed by atoms with E-state index >= 15 is 0 Å². The highest BCUT2D eigenvalue weighted by atomic mass is 32.1. The lowest BCUT2D eigenvalue weighted by atomic mass is 9.87. The van der Waals surface area contributed by atoms with Gasteiger partial charge in [0.2, 0.25) is 5.91 Å². The SMILES string of the molecule is Cc1csc(NC(=O)CNC(=O)c2ccc(C(C)(C)C)cc2)n1. The Hall–Kier alpha value is -2.21. The van der Waals surface area contributed by atoms with Crippen molar-refractivity contribution in [3.63, 3.8) is 0 Å². The third-order valence-corrected chi connectivity index (χ3v) is 4.16. The normalized spacial score (nSPS) is 11.1. The first-order valence-corrected chi connectivity index (χ1v) is 8.24. The van der Waals surface area contributed by atoms with E-state index in [0.717, 1.165) is 11.3 Å². The van der Waals surface area contributed by atoms with E-state index in [0.29, 0.717) is 10.7 Å². The van der Waals surface area contributed by atoms with E-state index in [-0.39, 0.29) is 23.8 Å². The van der Waals surface area contributed by atoms with E-state index < -0.39 is 0 Å². The van der Waals surface area contributed by atoms with E-state index in [1.165, 1.54) is 11.3 Å². The first-order valence-electron chi connectivity index (χ1n) is 7.36. The average molecular weight is 331 g/mol. The molecule has 0 aliphatic rings. The Labute approximate surface area is 140 Å². The number of amides is 2. The summed E-state index contributed by atoms with van der Waals surface area (Å²) in [7, 11) is 0. The molecule has 6 heteroatoms. The van der Waals surface area contributed by atoms with Gasteiger partial charge in [0.25, 0.3) is 5.91 Å². The Morgan fingerprint density at radius 1 is 1.17 bits per heavy atom. The quantitative estimate of drug-likeness (QED) is 0.904. The van der Waals surface area contributed by atoms with Gasteiger partial charge in [-0.1, -0.05) is 32.9 Å². The van der Waals surface area contributed by atoms with Crippen LogP contribution in [0.2, 0.25) is 0 Å². The van der Waals surface area contributed by atoms with Crippen molar-refractivity contribution in [3.8, 4) is 0 Å². The first-order chi connectivity index (χ1) is 10.8. The molecule has 2 rings (SSSR count). The van der Waals surface area contributed by atoms with Crippen LogP contribution in [0.15, 0.2) is 29.6 Å². The van der Waals surface area contributed by atoms with Crippen LogP contribution in [-0.4, -0.2) is 23.3 Å². The van der Waals surface area contributed by atoms with Gasteiger partial charge in [0.05, 0.1) is 12.2 Å². The number of nitrogens with one attached hydrogen (secondary N) is 2. The average Bonchev–Trinajstić information content (AvgIpc) is 2.89. The van der Waals surface area contributed by atoms with Gasteiger partial charge in [0, 0.05) is 10.9 Å². The van der Waals surface area contributed by atoms with Crippen molar-refractivity contribution in [3.05, 3.63) is 46.5 Å². The Balaban J connectivity index is 1.88. The summed E-state index contributed by atoms with van der Waals surface area (Å²) in [6, 6.07) is 7.43. The zero-order valence-corrected chi connectivity index (χ0v) is 14.6. The van der Waals surface area contributed by atoms with Crippen LogP contribution in [0.3, 0.4) is 0 Å². The zero-order valence-electron chi connectivity index (χ0n) is 13.8. The third kappa shape index (κ3) is 4.89. The van der Waals surface area contributed by atoms with E-state index in [1.807, 2.05) is 24.4 Å². The molecule has 0 aliphatic heterocycles. The fraction of sp³-hybridized carbons (Fsp3) is 0.353. The molecular weight excluding hydrogens is 310 g/mol. The monoisotopic (exact) mass is 331 g/mol. The van der Waals surface area contributed by atoms with E-state index in [9.17, 15) is 9.59 Å². The third-order valence-electron chi connectivity index (χ3n) is 3.29. The number of anilines is 1. The molecule has 122 valence electrons. The maximum absolute atomic E-state index is 12.1. The second-order valence-corrected chi connectivity index (χ2v) is 7.21. The first kappa shape index (κ1) is 17.1. The molecule has 0 atom stereocenters. The lowest BCUT2D eigenvalue weighted by Gasteiger charge is -2.19. The van der Waals surface area contributed by atoms with Crippen molar-refractivity contribution in [1.29, 1.82) is 0 Å². The second kappa shape index (κ2) is 6.91. The number of carbonyl (C=O) groups excluding carboxylic acids is 2. The summed E-state index contributed by atoms with van der Waals surface area (Å²) in [5.74, 6) is -0.560. The van der Waals surface area contributed by atoms with Gasteiger partial charge in [-0.2, -0.15) is 0 Å². The van der Waals surface area contributed by atoms with Gasteiger partial charge in [-0.15, -0.1) is 11.3 Å². The van der Waals surface area contributed by atoms with Crippen LogP contribution in [0.4, 0.5) is 5.13 Å². The van der Waals surface area contributed by atoms with Gasteiger partial charge >= 0.3 is 0 Å². The van der Waals surface area contributed by atoms with Crippen molar-refractivity contribution in [1.82, 2.24) is 10.3 Å². The highest BCUT2D eigenvalue weighted by Gasteiger charge is 2.14. The summed E-state index contributed by atoms with van der Waals surface area (Å²) < 4.78 is 0. The molecular formula is C17H21N3O2S. The predicted octanol–water partition coefficient (Wildman–Crippen LogP) is 3.12. The molecule has 1 aromatic carbocycles. The number of aryl methyl sites for hydroxylation is 1. The van der Waals surface area contributed by atoms with Crippen molar-refractivity contribution < 1.29 is 9.59 Å². The van der Waals surface area contributed by atoms with Gasteiger partial charge in [0.1, 0.15) is 0 Å². The van der Waals surface area contributed by atoms with Crippen LogP contribution in [0.25, 0.3) is 0 Å². The van der Waals surface area contributed by atoms with Gasteiger partial charge in [-0.3, -0.25) is 9.59 Å². The van der Waals surface area contributed by atoms with E-state index in [1.54, 1.807) is 12.1 Å². The lowest BCUT2D eigenvalue weighted by Crippen LogP contribution is -2.32. The summed E-state index contributed by atoms with van der Waals surface area (Å²) >= 11 is 1.36. The van der Waals surface area contributed by atoms with Gasteiger partial charge < -0.3 is 10.6 Å². The van der Waals surface area contributed by atoms with Crippen LogP contribution in [-0.2, 0) is 10.2 Å². The van der Waals surface area contributed by atoms with Crippen molar-refractivity contribution in [2.45, 2.75) is 33.1 Å². The Morgan fingerprint density at radius 3 is 2.35 bits per heavy atom. The summed E-state index contributed by atoms with van der Waals surface area (Å²) in [6.07, 6.45) is 0. The summed E-state index contributed by atoms with van der Waals surface area (Å²) in [5, 5.41) is 7.65. The van der Waals surface area contributed by atoms with Crippen LogP contribution in [0.1, 0.15) is 42.4 Å². The second-order valence-electron chi connectivity index (χ2n) is 6.35. The highest BCUT2D eigenvalue weighted by Crippen LogP contribution is 2.22. The number of nitrogens with zero attached hydrogens (tertiary/aromatic N) is 1. The number of benzene rings is 1. The standard InChI is InChI=1S/C17H21N3O2S/c1-11-10-23-16(19-11)20-14(21)9-18-15(22)12-5-7-13(8-6-12)17(2,3)4/h5-8,10H,9H2,1-4H3,(H,18,22)(H,19,20,21). The topological polar surface area (TPSA) is 71.1 Å². The number of rotatable bonds is 4. The Kier molecular flexibility index (Phi) is 5.15. The maximum Gasteiger partial charge on any atom is 0.251 e. The molecule has 2 N–H and O–H groups in total. The van der Waals surface area contributed by atoms with Crippen LogP contribution in [0, 0.1) is 6.92 Å². The molecule has 0 fully saturated rings. The molecule has 1 aromatic heterocycles. The number of carbonyl (C=O) groups is 2. The minimum Gasteiger partial charge on any atom is -0.343 e.